The maximum absolute atomic E-state index is 10.4. The molecule has 0 aliphatic heterocycles. The minimum atomic E-state index is -2.13. The van der Waals surface area contributed by atoms with Crippen molar-refractivity contribution in [1.82, 2.24) is 0 Å². The predicted molar refractivity (Wildman–Crippen MR) is 96.4 cm³/mol. The molecule has 0 bridgehead atoms. The van der Waals surface area contributed by atoms with Gasteiger partial charge < -0.3 is 0 Å². The molecule has 0 radical (unpaired) electrons. The molecular weight excluding hydrogens is 387 g/mol. The van der Waals surface area contributed by atoms with Crippen molar-refractivity contribution in [2.45, 2.75) is 72.6 Å². The molecule has 0 rings (SSSR count). The summed E-state index contributed by atoms with van der Waals surface area (Å²) in [5, 5.41) is 10.4. The summed E-state index contributed by atoms with van der Waals surface area (Å²) in [5.74, 6) is -0.00547. The van der Waals surface area contributed by atoms with E-state index >= 15 is 0 Å². The zero-order valence-electron chi connectivity index (χ0n) is 14.2. The van der Waals surface area contributed by atoms with Crippen LogP contribution in [0.1, 0.15) is 59.3 Å². The van der Waals surface area contributed by atoms with Crippen molar-refractivity contribution in [3.63, 3.8) is 0 Å². The van der Waals surface area contributed by atoms with E-state index in [1.165, 1.54) is 63.6 Å². The SMILES string of the molecule is CCC[CH2][Sn](/[CH]=C/CSCC(=O)[O-])([CH2]CCC)[CH2]CCC. The van der Waals surface area contributed by atoms with Gasteiger partial charge in [-0.05, 0) is 0 Å². The summed E-state index contributed by atoms with van der Waals surface area (Å²) in [6.07, 6.45) is 10.3. The molecule has 2 nitrogen and oxygen atoms in total. The van der Waals surface area contributed by atoms with Crippen LogP contribution in [-0.4, -0.2) is 35.9 Å². The number of carbonyl (C=O) groups is 1. The van der Waals surface area contributed by atoms with Crippen molar-refractivity contribution >= 4 is 36.1 Å². The maximum atomic E-state index is 10.4. The number of rotatable bonds is 14. The van der Waals surface area contributed by atoms with E-state index in [0.717, 1.165) is 5.75 Å². The van der Waals surface area contributed by atoms with Crippen LogP contribution in [0.4, 0.5) is 0 Å². The molecule has 0 atom stereocenters. The molecule has 0 aliphatic carbocycles. The molecule has 0 N–H and O–H groups in total. The van der Waals surface area contributed by atoms with E-state index in [1.807, 2.05) is 0 Å². The van der Waals surface area contributed by atoms with Gasteiger partial charge >= 0.3 is 140 Å². The fourth-order valence-corrected chi connectivity index (χ4v) is 18.1. The molecule has 0 heterocycles. The molecule has 0 aromatic heterocycles. The van der Waals surface area contributed by atoms with Gasteiger partial charge in [0.05, 0.1) is 0 Å². The number of aliphatic carboxylic acids is 1. The second kappa shape index (κ2) is 14.0. The topological polar surface area (TPSA) is 40.1 Å². The molecule has 0 saturated carbocycles. The van der Waals surface area contributed by atoms with Gasteiger partial charge in [0.1, 0.15) is 0 Å². The number of carboxylic acids is 1. The molecular formula is C17H33O2SSn-. The van der Waals surface area contributed by atoms with Crippen molar-refractivity contribution in [1.29, 1.82) is 0 Å². The van der Waals surface area contributed by atoms with E-state index in [-0.39, 0.29) is 5.75 Å². The molecule has 0 spiro atoms. The summed E-state index contributed by atoms with van der Waals surface area (Å²) in [4.78, 5) is 10.4. The molecule has 0 fully saturated rings. The van der Waals surface area contributed by atoms with E-state index < -0.39 is 24.3 Å². The van der Waals surface area contributed by atoms with Crippen LogP contribution in [0.2, 0.25) is 13.3 Å². The molecule has 0 aromatic rings. The van der Waals surface area contributed by atoms with Crippen molar-refractivity contribution < 1.29 is 9.90 Å². The first-order chi connectivity index (χ1) is 10.1. The Morgan fingerprint density at radius 3 is 1.86 bits per heavy atom. The van der Waals surface area contributed by atoms with Crippen LogP contribution in [0.5, 0.6) is 0 Å². The summed E-state index contributed by atoms with van der Waals surface area (Å²) < 4.78 is 7.05. The van der Waals surface area contributed by atoms with Gasteiger partial charge in [-0.15, -0.1) is 0 Å². The van der Waals surface area contributed by atoms with Crippen molar-refractivity contribution in [2.24, 2.45) is 0 Å². The van der Waals surface area contributed by atoms with Crippen LogP contribution in [0.3, 0.4) is 0 Å². The first-order valence-corrected chi connectivity index (χ1v) is 17.4. The molecule has 0 amide bonds. The molecule has 0 unspecified atom stereocenters. The average molecular weight is 420 g/mol. The Balaban J connectivity index is 4.60. The third-order valence-electron chi connectivity index (χ3n) is 3.99. The Morgan fingerprint density at radius 1 is 1.00 bits per heavy atom. The van der Waals surface area contributed by atoms with Gasteiger partial charge in [-0.2, -0.15) is 0 Å². The monoisotopic (exact) mass is 421 g/mol. The average Bonchev–Trinajstić information content (AvgIpc) is 2.47. The van der Waals surface area contributed by atoms with E-state index in [0.29, 0.717) is 0 Å². The second-order valence-electron chi connectivity index (χ2n) is 5.96. The number of carbonyl (C=O) groups excluding carboxylic acids is 1. The summed E-state index contributed by atoms with van der Waals surface area (Å²) in [5.41, 5.74) is 0. The summed E-state index contributed by atoms with van der Waals surface area (Å²) in [7, 11) is 0. The Hall–Kier alpha value is 0.359. The van der Waals surface area contributed by atoms with Gasteiger partial charge in [-0.25, -0.2) is 0 Å². The fraction of sp³-hybridized carbons (Fsp3) is 0.824. The van der Waals surface area contributed by atoms with Crippen molar-refractivity contribution in [3.05, 3.63) is 10.2 Å². The molecule has 4 heteroatoms. The quantitative estimate of drug-likeness (QED) is 0.309. The van der Waals surface area contributed by atoms with E-state index in [2.05, 4.69) is 30.9 Å². The number of thioether (sulfide) groups is 1. The van der Waals surface area contributed by atoms with Gasteiger partial charge in [0.25, 0.3) is 0 Å². The van der Waals surface area contributed by atoms with Crippen molar-refractivity contribution in [2.75, 3.05) is 11.5 Å². The van der Waals surface area contributed by atoms with Gasteiger partial charge in [0.15, 0.2) is 0 Å². The van der Waals surface area contributed by atoms with Crippen LogP contribution in [-0.2, 0) is 4.79 Å². The predicted octanol–water partition coefficient (Wildman–Crippen LogP) is 4.41. The standard InChI is InChI=1S/C5H7O2S.3C4H9.Sn/c1-2-3-8-4-5(6)7;3*1-3-4-2;/h1-2H,3-4H2,(H,6,7);3*1,3-4H2,2H3;/p-1. The van der Waals surface area contributed by atoms with Gasteiger partial charge in [0, 0.05) is 0 Å². The number of hydrogen-bond donors (Lipinski definition) is 0. The third-order valence-corrected chi connectivity index (χ3v) is 19.1. The zero-order chi connectivity index (χ0) is 16.0. The molecule has 124 valence electrons. The fourth-order valence-electron chi connectivity index (χ4n) is 2.72. The summed E-state index contributed by atoms with van der Waals surface area (Å²) in [6, 6.07) is 0. The number of unbranched alkanes of at least 4 members (excludes halogenated alkanes) is 3. The van der Waals surface area contributed by atoms with Gasteiger partial charge in [-0.3, -0.25) is 0 Å². The third kappa shape index (κ3) is 11.6. The van der Waals surface area contributed by atoms with Crippen molar-refractivity contribution in [3.8, 4) is 0 Å². The van der Waals surface area contributed by atoms with Gasteiger partial charge in [-0.1, -0.05) is 0 Å². The summed E-state index contributed by atoms with van der Waals surface area (Å²) >= 11 is -0.669. The number of carboxylic acid groups (broad SMARTS) is 1. The van der Waals surface area contributed by atoms with E-state index in [9.17, 15) is 9.90 Å². The zero-order valence-corrected chi connectivity index (χ0v) is 17.8. The van der Waals surface area contributed by atoms with E-state index in [4.69, 9.17) is 0 Å². The van der Waals surface area contributed by atoms with Crippen LogP contribution in [0, 0.1) is 0 Å². The first-order valence-electron chi connectivity index (χ1n) is 8.55. The Bertz CT molecular complexity index is 271. The Kier molecular flexibility index (Phi) is 14.2. The Labute approximate surface area is 140 Å². The van der Waals surface area contributed by atoms with Crippen LogP contribution in [0.25, 0.3) is 0 Å². The normalized spacial score (nSPS) is 12.1. The second-order valence-corrected chi connectivity index (χ2v) is 20.0. The number of hydrogen-bond acceptors (Lipinski definition) is 3. The molecule has 0 saturated heterocycles. The van der Waals surface area contributed by atoms with Gasteiger partial charge in [0.2, 0.25) is 0 Å². The molecule has 0 aliphatic rings. The van der Waals surface area contributed by atoms with Crippen LogP contribution in [0.15, 0.2) is 10.2 Å². The minimum absolute atomic E-state index is 0.117. The summed E-state index contributed by atoms with van der Waals surface area (Å²) in [6.45, 7) is 6.86. The van der Waals surface area contributed by atoms with Crippen LogP contribution < -0.4 is 5.11 Å². The first kappa shape index (κ1) is 21.4. The van der Waals surface area contributed by atoms with Crippen LogP contribution >= 0.6 is 11.8 Å². The molecule has 21 heavy (non-hydrogen) atoms. The van der Waals surface area contributed by atoms with E-state index in [1.54, 1.807) is 0 Å². The Morgan fingerprint density at radius 2 is 1.48 bits per heavy atom. The molecule has 0 aromatic carbocycles.